The first-order chi connectivity index (χ1) is 12.8. The number of ether oxygens (including phenoxy) is 2. The van der Waals surface area contributed by atoms with Gasteiger partial charge in [-0.15, -0.1) is 0 Å². The van der Waals surface area contributed by atoms with Crippen LogP contribution in [-0.4, -0.2) is 36.1 Å². The number of carbonyl (C=O) groups is 1. The van der Waals surface area contributed by atoms with Crippen LogP contribution in [0.5, 0.6) is 5.75 Å². The van der Waals surface area contributed by atoms with Gasteiger partial charge >= 0.3 is 0 Å². The molecule has 0 spiro atoms. The molecule has 2 atom stereocenters. The van der Waals surface area contributed by atoms with Crippen LogP contribution in [0.15, 0.2) is 45.3 Å². The van der Waals surface area contributed by atoms with Gasteiger partial charge in [-0.2, -0.15) is 0 Å². The Balaban J connectivity index is 1.64. The number of hydrogen-bond acceptors (Lipinski definition) is 3. The van der Waals surface area contributed by atoms with E-state index in [-0.39, 0.29) is 18.1 Å². The van der Waals surface area contributed by atoms with E-state index >= 15 is 0 Å². The van der Waals surface area contributed by atoms with E-state index in [1.807, 2.05) is 62.1 Å². The molecule has 1 aliphatic rings. The van der Waals surface area contributed by atoms with Gasteiger partial charge < -0.3 is 14.4 Å². The first-order valence-electron chi connectivity index (χ1n) is 8.95. The van der Waals surface area contributed by atoms with E-state index in [0.29, 0.717) is 25.3 Å². The lowest BCUT2D eigenvalue weighted by atomic mass is 10.1. The Labute approximate surface area is 177 Å². The van der Waals surface area contributed by atoms with Gasteiger partial charge in [0, 0.05) is 18.7 Å². The SMILES string of the molecule is Cc1cc(Br)c(OCc2ccc(C(=O)N3C[C@H](C)O[C@@H](C)C3)cc2)c(Br)c1. The highest BCUT2D eigenvalue weighted by molar-refractivity contribution is 9.11. The van der Waals surface area contributed by atoms with Gasteiger partial charge in [0.25, 0.3) is 5.91 Å². The van der Waals surface area contributed by atoms with Gasteiger partial charge in [-0.05, 0) is 88.0 Å². The summed E-state index contributed by atoms with van der Waals surface area (Å²) in [6.07, 6.45) is 0.133. The number of nitrogens with zero attached hydrogens (tertiary/aromatic N) is 1. The molecule has 0 radical (unpaired) electrons. The van der Waals surface area contributed by atoms with E-state index in [4.69, 9.17) is 9.47 Å². The van der Waals surface area contributed by atoms with E-state index in [2.05, 4.69) is 31.9 Å². The Morgan fingerprint density at radius 2 is 1.67 bits per heavy atom. The number of aryl methyl sites for hydroxylation is 1. The second-order valence-electron chi connectivity index (χ2n) is 7.01. The molecule has 0 aliphatic carbocycles. The zero-order valence-corrected chi connectivity index (χ0v) is 18.8. The monoisotopic (exact) mass is 495 g/mol. The van der Waals surface area contributed by atoms with E-state index in [1.165, 1.54) is 0 Å². The molecule has 0 unspecified atom stereocenters. The molecule has 1 aliphatic heterocycles. The Morgan fingerprint density at radius 3 is 2.22 bits per heavy atom. The van der Waals surface area contributed by atoms with E-state index in [1.54, 1.807) is 0 Å². The van der Waals surface area contributed by atoms with Gasteiger partial charge in [-0.1, -0.05) is 12.1 Å². The summed E-state index contributed by atoms with van der Waals surface area (Å²) in [7, 11) is 0. The molecule has 144 valence electrons. The summed E-state index contributed by atoms with van der Waals surface area (Å²) < 4.78 is 13.5. The van der Waals surface area contributed by atoms with Crippen LogP contribution >= 0.6 is 31.9 Å². The summed E-state index contributed by atoms with van der Waals surface area (Å²) >= 11 is 7.08. The predicted molar refractivity (Wildman–Crippen MR) is 113 cm³/mol. The normalized spacial score (nSPS) is 19.8. The predicted octanol–water partition coefficient (Wildman–Crippen LogP) is 5.35. The Morgan fingerprint density at radius 1 is 1.11 bits per heavy atom. The molecule has 0 saturated carbocycles. The van der Waals surface area contributed by atoms with Crippen molar-refractivity contribution >= 4 is 37.8 Å². The lowest BCUT2D eigenvalue weighted by molar-refractivity contribution is -0.0586. The highest BCUT2D eigenvalue weighted by Crippen LogP contribution is 2.35. The van der Waals surface area contributed by atoms with Gasteiger partial charge in [0.05, 0.1) is 21.2 Å². The van der Waals surface area contributed by atoms with Crippen molar-refractivity contribution in [2.24, 2.45) is 0 Å². The molecule has 1 heterocycles. The standard InChI is InChI=1S/C21H23Br2NO3/c1-13-8-18(22)20(19(23)9-13)26-12-16-4-6-17(7-5-16)21(25)24-10-14(2)27-15(3)11-24/h4-9,14-15H,10-12H2,1-3H3/t14-,15-/m0/s1. The minimum atomic E-state index is 0.0495. The Kier molecular flexibility index (Phi) is 6.61. The average Bonchev–Trinajstić information content (AvgIpc) is 2.60. The molecule has 27 heavy (non-hydrogen) atoms. The quantitative estimate of drug-likeness (QED) is 0.572. The largest absolute Gasteiger partial charge is 0.487 e. The number of amides is 1. The van der Waals surface area contributed by atoms with E-state index in [9.17, 15) is 4.79 Å². The second kappa shape index (κ2) is 8.76. The summed E-state index contributed by atoms with van der Waals surface area (Å²) in [5, 5.41) is 0. The van der Waals surface area contributed by atoms with Crippen molar-refractivity contribution in [3.8, 4) is 5.75 Å². The molecule has 0 N–H and O–H groups in total. The maximum atomic E-state index is 12.7. The first kappa shape index (κ1) is 20.4. The number of rotatable bonds is 4. The third-order valence-electron chi connectivity index (χ3n) is 4.43. The van der Waals surface area contributed by atoms with Crippen LogP contribution in [0.25, 0.3) is 0 Å². The number of morpholine rings is 1. The fourth-order valence-electron chi connectivity index (χ4n) is 3.25. The minimum Gasteiger partial charge on any atom is -0.487 e. The molecule has 4 nitrogen and oxygen atoms in total. The Hall–Kier alpha value is -1.37. The molecule has 2 aromatic carbocycles. The molecular formula is C21H23Br2NO3. The maximum Gasteiger partial charge on any atom is 0.254 e. The molecule has 1 saturated heterocycles. The van der Waals surface area contributed by atoms with E-state index < -0.39 is 0 Å². The van der Waals surface area contributed by atoms with Crippen LogP contribution in [0.2, 0.25) is 0 Å². The smallest absolute Gasteiger partial charge is 0.254 e. The summed E-state index contributed by atoms with van der Waals surface area (Å²) in [5.74, 6) is 0.825. The zero-order chi connectivity index (χ0) is 19.6. The molecule has 6 heteroatoms. The van der Waals surface area contributed by atoms with Gasteiger partial charge in [0.2, 0.25) is 0 Å². The fourth-order valence-corrected chi connectivity index (χ4v) is 4.89. The van der Waals surface area contributed by atoms with Crippen LogP contribution in [0, 0.1) is 6.92 Å². The fraction of sp³-hybridized carbons (Fsp3) is 0.381. The van der Waals surface area contributed by atoms with Crippen LogP contribution < -0.4 is 4.74 Å². The third-order valence-corrected chi connectivity index (χ3v) is 5.61. The zero-order valence-electron chi connectivity index (χ0n) is 15.7. The third kappa shape index (κ3) is 5.12. The van der Waals surface area contributed by atoms with Crippen LogP contribution in [0.1, 0.15) is 35.3 Å². The summed E-state index contributed by atoms with van der Waals surface area (Å²) in [4.78, 5) is 14.6. The maximum absolute atomic E-state index is 12.7. The summed E-state index contributed by atoms with van der Waals surface area (Å²) in [6, 6.07) is 11.7. The van der Waals surface area contributed by atoms with Crippen LogP contribution in [0.3, 0.4) is 0 Å². The van der Waals surface area contributed by atoms with Crippen molar-refractivity contribution in [1.82, 2.24) is 4.90 Å². The number of halogens is 2. The van der Waals surface area contributed by atoms with Crippen molar-refractivity contribution < 1.29 is 14.3 Å². The van der Waals surface area contributed by atoms with E-state index in [0.717, 1.165) is 25.8 Å². The average molecular weight is 497 g/mol. The van der Waals surface area contributed by atoms with Gasteiger partial charge in [0.15, 0.2) is 0 Å². The molecule has 1 fully saturated rings. The second-order valence-corrected chi connectivity index (χ2v) is 8.72. The molecule has 0 aromatic heterocycles. The lowest BCUT2D eigenvalue weighted by Crippen LogP contribution is -2.48. The lowest BCUT2D eigenvalue weighted by Gasteiger charge is -2.35. The van der Waals surface area contributed by atoms with Crippen molar-refractivity contribution in [3.05, 3.63) is 62.0 Å². The molecule has 2 aromatic rings. The van der Waals surface area contributed by atoms with Gasteiger partial charge in [-0.3, -0.25) is 4.79 Å². The van der Waals surface area contributed by atoms with Crippen molar-refractivity contribution in [2.75, 3.05) is 13.1 Å². The number of benzene rings is 2. The number of hydrogen-bond donors (Lipinski definition) is 0. The number of carbonyl (C=O) groups excluding carboxylic acids is 1. The highest BCUT2D eigenvalue weighted by Gasteiger charge is 2.26. The Bertz CT molecular complexity index is 790. The van der Waals surface area contributed by atoms with Crippen LogP contribution in [0.4, 0.5) is 0 Å². The van der Waals surface area contributed by atoms with Crippen molar-refractivity contribution in [2.45, 2.75) is 39.6 Å². The van der Waals surface area contributed by atoms with Crippen LogP contribution in [-0.2, 0) is 11.3 Å². The van der Waals surface area contributed by atoms with Gasteiger partial charge in [0.1, 0.15) is 12.4 Å². The topological polar surface area (TPSA) is 38.8 Å². The molecule has 3 rings (SSSR count). The minimum absolute atomic E-state index is 0.0495. The summed E-state index contributed by atoms with van der Waals surface area (Å²) in [6.45, 7) is 7.72. The molecule has 1 amide bonds. The van der Waals surface area contributed by atoms with Crippen molar-refractivity contribution in [3.63, 3.8) is 0 Å². The molecular weight excluding hydrogens is 474 g/mol. The molecule has 0 bridgehead atoms. The highest BCUT2D eigenvalue weighted by atomic mass is 79.9. The van der Waals surface area contributed by atoms with Gasteiger partial charge in [-0.25, -0.2) is 0 Å². The first-order valence-corrected chi connectivity index (χ1v) is 10.5. The summed E-state index contributed by atoms with van der Waals surface area (Å²) in [5.41, 5.74) is 2.85. The van der Waals surface area contributed by atoms with Crippen molar-refractivity contribution in [1.29, 1.82) is 0 Å².